The first-order chi connectivity index (χ1) is 11.1. The monoisotopic (exact) mass is 349 g/mol. The first kappa shape index (κ1) is 15.8. The number of methoxy groups -OCH3 is 1. The van der Waals surface area contributed by atoms with Crippen molar-refractivity contribution in [2.75, 3.05) is 7.11 Å². The molecule has 0 fully saturated rings. The quantitative estimate of drug-likeness (QED) is 0.745. The molecular formula is C17H13ClFNO2S. The maximum absolute atomic E-state index is 13.3. The lowest BCUT2D eigenvalue weighted by atomic mass is 10.2. The standard InChI is InChI=1S/C17H13ClFNO2S/c1-22-12-5-2-10(3-6-12)9-20-17(21)16-15(18)13-7-4-11(19)8-14(13)23-16/h2-8H,9H2,1H3,(H,20,21). The maximum atomic E-state index is 13.3. The first-order valence-electron chi connectivity index (χ1n) is 6.87. The van der Waals surface area contributed by atoms with E-state index in [1.165, 1.54) is 23.5 Å². The van der Waals surface area contributed by atoms with Crippen LogP contribution in [0.3, 0.4) is 0 Å². The van der Waals surface area contributed by atoms with Gasteiger partial charge in [-0.1, -0.05) is 23.7 Å². The van der Waals surface area contributed by atoms with Gasteiger partial charge in [0.05, 0.1) is 12.1 Å². The van der Waals surface area contributed by atoms with E-state index in [1.807, 2.05) is 24.3 Å². The number of fused-ring (bicyclic) bond motifs is 1. The molecule has 0 spiro atoms. The molecule has 1 N–H and O–H groups in total. The highest BCUT2D eigenvalue weighted by atomic mass is 35.5. The van der Waals surface area contributed by atoms with Crippen molar-refractivity contribution >= 4 is 38.9 Å². The second kappa shape index (κ2) is 6.56. The molecule has 1 heterocycles. The van der Waals surface area contributed by atoms with Gasteiger partial charge in [0, 0.05) is 16.6 Å². The SMILES string of the molecule is COc1ccc(CNC(=O)c2sc3cc(F)ccc3c2Cl)cc1. The Labute approximate surface area is 141 Å². The lowest BCUT2D eigenvalue weighted by Crippen LogP contribution is -2.22. The average Bonchev–Trinajstić information content (AvgIpc) is 2.89. The molecule has 0 saturated carbocycles. The van der Waals surface area contributed by atoms with E-state index in [2.05, 4.69) is 5.32 Å². The van der Waals surface area contributed by atoms with Gasteiger partial charge in [0.1, 0.15) is 16.4 Å². The molecule has 0 bridgehead atoms. The van der Waals surface area contributed by atoms with E-state index < -0.39 is 0 Å². The van der Waals surface area contributed by atoms with E-state index in [-0.39, 0.29) is 11.7 Å². The van der Waals surface area contributed by atoms with Crippen LogP contribution in [0.2, 0.25) is 5.02 Å². The Morgan fingerprint density at radius 1 is 1.26 bits per heavy atom. The molecule has 118 valence electrons. The van der Waals surface area contributed by atoms with E-state index in [1.54, 1.807) is 13.2 Å². The Balaban J connectivity index is 1.76. The highest BCUT2D eigenvalue weighted by Crippen LogP contribution is 2.35. The predicted molar refractivity (Wildman–Crippen MR) is 91.0 cm³/mol. The van der Waals surface area contributed by atoms with Crippen molar-refractivity contribution < 1.29 is 13.9 Å². The molecule has 3 rings (SSSR count). The third-order valence-electron chi connectivity index (χ3n) is 3.41. The lowest BCUT2D eigenvalue weighted by Gasteiger charge is -2.05. The maximum Gasteiger partial charge on any atom is 0.263 e. The highest BCUT2D eigenvalue weighted by Gasteiger charge is 2.17. The number of rotatable bonds is 4. The number of carbonyl (C=O) groups excluding carboxylic acids is 1. The van der Waals surface area contributed by atoms with E-state index in [9.17, 15) is 9.18 Å². The minimum atomic E-state index is -0.347. The van der Waals surface area contributed by atoms with E-state index in [0.717, 1.165) is 11.3 Å². The molecule has 0 aliphatic heterocycles. The molecule has 0 aliphatic rings. The summed E-state index contributed by atoms with van der Waals surface area (Å²) in [7, 11) is 1.60. The van der Waals surface area contributed by atoms with Crippen molar-refractivity contribution in [3.63, 3.8) is 0 Å². The van der Waals surface area contributed by atoms with E-state index in [4.69, 9.17) is 16.3 Å². The Bertz CT molecular complexity index is 861. The number of thiophene rings is 1. The Morgan fingerprint density at radius 2 is 2.00 bits per heavy atom. The van der Waals surface area contributed by atoms with Crippen LogP contribution in [0.1, 0.15) is 15.2 Å². The van der Waals surface area contributed by atoms with Crippen LogP contribution in [0.15, 0.2) is 42.5 Å². The average molecular weight is 350 g/mol. The predicted octanol–water partition coefficient (Wildman–Crippen LogP) is 4.63. The fourth-order valence-corrected chi connectivity index (χ4v) is 3.65. The third kappa shape index (κ3) is 3.30. The summed E-state index contributed by atoms with van der Waals surface area (Å²) >= 11 is 7.42. The van der Waals surface area contributed by atoms with Crippen molar-refractivity contribution in [3.8, 4) is 5.75 Å². The van der Waals surface area contributed by atoms with Crippen LogP contribution in [0.5, 0.6) is 5.75 Å². The van der Waals surface area contributed by atoms with Crippen LogP contribution in [-0.2, 0) is 6.54 Å². The number of hydrogen-bond acceptors (Lipinski definition) is 3. The van der Waals surface area contributed by atoms with Crippen molar-refractivity contribution in [3.05, 3.63) is 63.7 Å². The molecular weight excluding hydrogens is 337 g/mol. The fraction of sp³-hybridized carbons (Fsp3) is 0.118. The summed E-state index contributed by atoms with van der Waals surface area (Å²) in [6.45, 7) is 0.377. The van der Waals surface area contributed by atoms with Gasteiger partial charge in [-0.3, -0.25) is 4.79 Å². The van der Waals surface area contributed by atoms with Crippen molar-refractivity contribution in [1.82, 2.24) is 5.32 Å². The van der Waals surface area contributed by atoms with Gasteiger partial charge in [-0.05, 0) is 35.9 Å². The molecule has 0 saturated heterocycles. The van der Waals surface area contributed by atoms with Crippen LogP contribution in [-0.4, -0.2) is 13.0 Å². The zero-order chi connectivity index (χ0) is 16.4. The van der Waals surface area contributed by atoms with Crippen LogP contribution >= 0.6 is 22.9 Å². The minimum Gasteiger partial charge on any atom is -0.497 e. The van der Waals surface area contributed by atoms with Gasteiger partial charge in [-0.15, -0.1) is 11.3 Å². The van der Waals surface area contributed by atoms with Gasteiger partial charge >= 0.3 is 0 Å². The van der Waals surface area contributed by atoms with Crippen molar-refractivity contribution in [1.29, 1.82) is 0 Å². The van der Waals surface area contributed by atoms with E-state index in [0.29, 0.717) is 26.5 Å². The molecule has 0 atom stereocenters. The summed E-state index contributed by atoms with van der Waals surface area (Å²) in [6.07, 6.45) is 0. The summed E-state index contributed by atoms with van der Waals surface area (Å²) in [4.78, 5) is 12.7. The Hall–Kier alpha value is -2.11. The molecule has 2 aromatic carbocycles. The Morgan fingerprint density at radius 3 is 2.70 bits per heavy atom. The minimum absolute atomic E-state index is 0.271. The zero-order valence-electron chi connectivity index (χ0n) is 12.2. The zero-order valence-corrected chi connectivity index (χ0v) is 13.8. The summed E-state index contributed by atoms with van der Waals surface area (Å²) in [6, 6.07) is 11.7. The number of amides is 1. The molecule has 0 radical (unpaired) electrons. The molecule has 6 heteroatoms. The van der Waals surface area contributed by atoms with Crippen LogP contribution in [0, 0.1) is 5.82 Å². The summed E-state index contributed by atoms with van der Waals surface area (Å²) in [5, 5.41) is 3.87. The van der Waals surface area contributed by atoms with Crippen LogP contribution in [0.25, 0.3) is 10.1 Å². The molecule has 0 unspecified atom stereocenters. The number of benzene rings is 2. The number of halogens is 2. The van der Waals surface area contributed by atoms with E-state index >= 15 is 0 Å². The van der Waals surface area contributed by atoms with Gasteiger partial charge in [0.2, 0.25) is 0 Å². The second-order valence-electron chi connectivity index (χ2n) is 4.92. The van der Waals surface area contributed by atoms with Gasteiger partial charge in [-0.25, -0.2) is 4.39 Å². The fourth-order valence-electron chi connectivity index (χ4n) is 2.19. The molecule has 3 nitrogen and oxygen atoms in total. The second-order valence-corrected chi connectivity index (χ2v) is 6.35. The number of nitrogens with one attached hydrogen (secondary N) is 1. The van der Waals surface area contributed by atoms with Gasteiger partial charge in [0.15, 0.2) is 0 Å². The van der Waals surface area contributed by atoms with Crippen molar-refractivity contribution in [2.45, 2.75) is 6.54 Å². The third-order valence-corrected chi connectivity index (χ3v) is 5.07. The molecule has 1 aromatic heterocycles. The Kier molecular flexibility index (Phi) is 4.50. The molecule has 0 aliphatic carbocycles. The summed E-state index contributed by atoms with van der Waals surface area (Å²) < 4.78 is 19.0. The number of carbonyl (C=O) groups is 1. The van der Waals surface area contributed by atoms with Crippen LogP contribution in [0.4, 0.5) is 4.39 Å². The van der Waals surface area contributed by atoms with Gasteiger partial charge in [-0.2, -0.15) is 0 Å². The van der Waals surface area contributed by atoms with Gasteiger partial charge in [0.25, 0.3) is 5.91 Å². The normalized spacial score (nSPS) is 10.7. The first-order valence-corrected chi connectivity index (χ1v) is 8.06. The molecule has 23 heavy (non-hydrogen) atoms. The molecule has 3 aromatic rings. The topological polar surface area (TPSA) is 38.3 Å². The molecule has 1 amide bonds. The largest absolute Gasteiger partial charge is 0.497 e. The number of hydrogen-bond donors (Lipinski definition) is 1. The van der Waals surface area contributed by atoms with Crippen molar-refractivity contribution in [2.24, 2.45) is 0 Å². The highest BCUT2D eigenvalue weighted by molar-refractivity contribution is 7.21. The smallest absolute Gasteiger partial charge is 0.263 e. The van der Waals surface area contributed by atoms with Gasteiger partial charge < -0.3 is 10.1 Å². The summed E-state index contributed by atoms with van der Waals surface area (Å²) in [5.74, 6) is 0.141. The van der Waals surface area contributed by atoms with Crippen LogP contribution < -0.4 is 10.1 Å². The summed E-state index contributed by atoms with van der Waals surface area (Å²) in [5.41, 5.74) is 0.947. The number of ether oxygens (including phenoxy) is 1. The lowest BCUT2D eigenvalue weighted by molar-refractivity contribution is 0.0955.